The van der Waals surface area contributed by atoms with Crippen LogP contribution in [0, 0.1) is 0 Å². The molecule has 5 rings (SSSR count). The van der Waals surface area contributed by atoms with Crippen molar-refractivity contribution in [1.29, 1.82) is 0 Å². The van der Waals surface area contributed by atoms with Crippen molar-refractivity contribution >= 4 is 26.7 Å². The minimum Gasteiger partial charge on any atom is -0.495 e. The van der Waals surface area contributed by atoms with E-state index >= 15 is 0 Å². The second-order valence-corrected chi connectivity index (χ2v) is 9.23. The molecule has 0 radical (unpaired) electrons. The molecule has 2 aromatic carbocycles. The molecule has 9 nitrogen and oxygen atoms in total. The Labute approximate surface area is 196 Å². The van der Waals surface area contributed by atoms with Crippen molar-refractivity contribution in [2.75, 3.05) is 11.8 Å². The smallest absolute Gasteiger partial charge is 0.265 e. The lowest BCUT2D eigenvalue weighted by atomic mass is 10.1. The number of anilines is 1. The Morgan fingerprint density at radius 3 is 2.56 bits per heavy atom. The minimum absolute atomic E-state index is 0.0480. The van der Waals surface area contributed by atoms with Crippen molar-refractivity contribution < 1.29 is 13.2 Å². The SMILES string of the molecule is COc1ccccc1S(=O)(=O)Nc1cncc(-c2ccc3ncc(-c4cnn(C)c4)nc3c2)c1. The number of sulfonamides is 1. The van der Waals surface area contributed by atoms with Gasteiger partial charge in [0.05, 0.1) is 48.1 Å². The van der Waals surface area contributed by atoms with Gasteiger partial charge in [-0.3, -0.25) is 19.4 Å². The van der Waals surface area contributed by atoms with E-state index in [1.165, 1.54) is 19.4 Å². The molecule has 0 atom stereocenters. The average molecular weight is 473 g/mol. The summed E-state index contributed by atoms with van der Waals surface area (Å²) in [6, 6.07) is 13.8. The average Bonchev–Trinajstić information content (AvgIpc) is 3.29. The van der Waals surface area contributed by atoms with Crippen LogP contribution in [0.25, 0.3) is 33.4 Å². The zero-order valence-corrected chi connectivity index (χ0v) is 19.2. The van der Waals surface area contributed by atoms with Gasteiger partial charge in [0.15, 0.2) is 0 Å². The number of methoxy groups -OCH3 is 1. The third-order valence-electron chi connectivity index (χ3n) is 5.23. The van der Waals surface area contributed by atoms with Gasteiger partial charge in [0, 0.05) is 30.6 Å². The maximum Gasteiger partial charge on any atom is 0.265 e. The molecule has 0 saturated heterocycles. The van der Waals surface area contributed by atoms with E-state index in [9.17, 15) is 8.42 Å². The molecule has 0 aliphatic heterocycles. The van der Waals surface area contributed by atoms with Crippen LogP contribution in [0.1, 0.15) is 0 Å². The van der Waals surface area contributed by atoms with Gasteiger partial charge in [-0.25, -0.2) is 13.4 Å². The molecular weight excluding hydrogens is 452 g/mol. The van der Waals surface area contributed by atoms with Crippen molar-refractivity contribution in [3.05, 3.63) is 79.5 Å². The van der Waals surface area contributed by atoms with Gasteiger partial charge in [0.25, 0.3) is 10.0 Å². The van der Waals surface area contributed by atoms with Gasteiger partial charge in [0.1, 0.15) is 10.6 Å². The number of para-hydroxylation sites is 1. The van der Waals surface area contributed by atoms with Crippen LogP contribution in [0.4, 0.5) is 5.69 Å². The lowest BCUT2D eigenvalue weighted by Crippen LogP contribution is -2.14. The lowest BCUT2D eigenvalue weighted by Gasteiger charge is -2.12. The molecule has 0 unspecified atom stereocenters. The maximum atomic E-state index is 12.9. The quantitative estimate of drug-likeness (QED) is 0.399. The third-order valence-corrected chi connectivity index (χ3v) is 6.65. The highest BCUT2D eigenvalue weighted by Gasteiger charge is 2.19. The Morgan fingerprint density at radius 2 is 1.76 bits per heavy atom. The number of pyridine rings is 1. The summed E-state index contributed by atoms with van der Waals surface area (Å²) in [7, 11) is -0.594. The molecule has 5 aromatic rings. The summed E-state index contributed by atoms with van der Waals surface area (Å²) in [5.74, 6) is 0.261. The van der Waals surface area contributed by atoms with Crippen molar-refractivity contribution in [3.8, 4) is 28.1 Å². The minimum atomic E-state index is -3.87. The first kappa shape index (κ1) is 21.5. The fourth-order valence-corrected chi connectivity index (χ4v) is 4.79. The summed E-state index contributed by atoms with van der Waals surface area (Å²) in [5.41, 5.74) is 4.94. The van der Waals surface area contributed by atoms with E-state index in [2.05, 4.69) is 19.8 Å². The molecule has 170 valence electrons. The van der Waals surface area contributed by atoms with Gasteiger partial charge >= 0.3 is 0 Å². The molecule has 1 N–H and O–H groups in total. The first-order valence-electron chi connectivity index (χ1n) is 10.3. The summed E-state index contributed by atoms with van der Waals surface area (Å²) in [4.78, 5) is 13.5. The van der Waals surface area contributed by atoms with Crippen molar-refractivity contribution in [2.24, 2.45) is 7.05 Å². The topological polar surface area (TPSA) is 112 Å². The standard InChI is InChI=1S/C24H20N6O3S/c1-30-15-18(12-27-30)22-14-26-20-8-7-16(10-21(20)28-22)17-9-19(13-25-11-17)29-34(31,32)24-6-4-3-5-23(24)33-2/h3-15,29H,1-2H3. The number of fused-ring (bicyclic) bond motifs is 1. The second kappa shape index (κ2) is 8.56. The predicted molar refractivity (Wildman–Crippen MR) is 129 cm³/mol. The Bertz CT molecular complexity index is 1610. The van der Waals surface area contributed by atoms with Gasteiger partial charge in [-0.1, -0.05) is 18.2 Å². The van der Waals surface area contributed by atoms with E-state index in [0.717, 1.165) is 22.2 Å². The van der Waals surface area contributed by atoms with E-state index < -0.39 is 10.0 Å². The first-order chi connectivity index (χ1) is 16.4. The molecular formula is C24H20N6O3S. The Hall–Kier alpha value is -4.31. The number of hydrogen-bond donors (Lipinski definition) is 1. The summed E-state index contributed by atoms with van der Waals surface area (Å²) >= 11 is 0. The Balaban J connectivity index is 1.48. The molecule has 0 amide bonds. The Morgan fingerprint density at radius 1 is 0.912 bits per heavy atom. The molecule has 0 bridgehead atoms. The lowest BCUT2D eigenvalue weighted by molar-refractivity contribution is 0.403. The molecule has 10 heteroatoms. The van der Waals surface area contributed by atoms with E-state index in [1.54, 1.807) is 47.5 Å². The number of hydrogen-bond acceptors (Lipinski definition) is 7. The number of nitrogens with one attached hydrogen (secondary N) is 1. The van der Waals surface area contributed by atoms with Crippen LogP contribution in [-0.2, 0) is 17.1 Å². The van der Waals surface area contributed by atoms with Crippen LogP contribution < -0.4 is 9.46 Å². The molecule has 0 spiro atoms. The van der Waals surface area contributed by atoms with Gasteiger partial charge in [-0.05, 0) is 35.9 Å². The number of benzene rings is 2. The number of aromatic nitrogens is 5. The van der Waals surface area contributed by atoms with E-state index in [-0.39, 0.29) is 10.6 Å². The van der Waals surface area contributed by atoms with Crippen LogP contribution in [0.5, 0.6) is 5.75 Å². The summed E-state index contributed by atoms with van der Waals surface area (Å²) in [6.45, 7) is 0. The number of ether oxygens (including phenoxy) is 1. The number of rotatable bonds is 6. The summed E-state index contributed by atoms with van der Waals surface area (Å²) < 4.78 is 35.4. The molecule has 0 saturated carbocycles. The van der Waals surface area contributed by atoms with E-state index in [1.807, 2.05) is 31.4 Å². The van der Waals surface area contributed by atoms with Crippen LogP contribution in [-0.4, -0.2) is 40.3 Å². The van der Waals surface area contributed by atoms with Crippen LogP contribution in [0.3, 0.4) is 0 Å². The second-order valence-electron chi connectivity index (χ2n) is 7.58. The highest BCUT2D eigenvalue weighted by Crippen LogP contribution is 2.28. The summed E-state index contributed by atoms with van der Waals surface area (Å²) in [6.07, 6.45) is 8.45. The molecule has 0 aliphatic rings. The largest absolute Gasteiger partial charge is 0.495 e. The fourth-order valence-electron chi connectivity index (χ4n) is 3.59. The predicted octanol–water partition coefficient (Wildman–Crippen LogP) is 3.90. The summed E-state index contributed by atoms with van der Waals surface area (Å²) in [5, 5.41) is 4.19. The molecule has 0 fully saturated rings. The van der Waals surface area contributed by atoms with E-state index in [0.29, 0.717) is 16.9 Å². The van der Waals surface area contributed by atoms with Gasteiger partial charge in [-0.2, -0.15) is 5.10 Å². The highest BCUT2D eigenvalue weighted by molar-refractivity contribution is 7.92. The monoisotopic (exact) mass is 472 g/mol. The van der Waals surface area contributed by atoms with Crippen molar-refractivity contribution in [1.82, 2.24) is 24.7 Å². The Kier molecular flexibility index (Phi) is 5.42. The van der Waals surface area contributed by atoms with Crippen molar-refractivity contribution in [2.45, 2.75) is 4.90 Å². The zero-order chi connectivity index (χ0) is 23.7. The maximum absolute atomic E-state index is 12.9. The van der Waals surface area contributed by atoms with Gasteiger partial charge < -0.3 is 4.74 Å². The first-order valence-corrected chi connectivity index (χ1v) is 11.8. The number of nitrogens with zero attached hydrogens (tertiary/aromatic N) is 5. The van der Waals surface area contributed by atoms with E-state index in [4.69, 9.17) is 9.72 Å². The van der Waals surface area contributed by atoms with Crippen LogP contribution >= 0.6 is 0 Å². The number of aryl methyl sites for hydroxylation is 1. The third kappa shape index (κ3) is 4.18. The van der Waals surface area contributed by atoms with Crippen molar-refractivity contribution in [3.63, 3.8) is 0 Å². The molecule has 0 aliphatic carbocycles. The fraction of sp³-hybridized carbons (Fsp3) is 0.0833. The molecule has 34 heavy (non-hydrogen) atoms. The van der Waals surface area contributed by atoms with Gasteiger partial charge in [0.2, 0.25) is 0 Å². The highest BCUT2D eigenvalue weighted by atomic mass is 32.2. The zero-order valence-electron chi connectivity index (χ0n) is 18.4. The molecule has 3 heterocycles. The van der Waals surface area contributed by atoms with Gasteiger partial charge in [-0.15, -0.1) is 0 Å². The molecule has 3 aromatic heterocycles. The van der Waals surface area contributed by atoms with Crippen LogP contribution in [0.2, 0.25) is 0 Å². The normalized spacial score (nSPS) is 11.5. The van der Waals surface area contributed by atoms with Crippen LogP contribution in [0.15, 0.2) is 84.4 Å².